The molecule has 5 nitrogen and oxygen atoms in total. The van der Waals surface area contributed by atoms with E-state index < -0.39 is 6.04 Å². The predicted octanol–water partition coefficient (Wildman–Crippen LogP) is 5.25. The van der Waals surface area contributed by atoms with Gasteiger partial charge in [-0.1, -0.05) is 72.8 Å². The largest absolute Gasteiger partial charge is 0.492 e. The van der Waals surface area contributed by atoms with Crippen LogP contribution in [0.1, 0.15) is 27.7 Å². The first-order chi connectivity index (χ1) is 15.7. The number of methoxy groups -OCH3 is 1. The third-order valence-corrected chi connectivity index (χ3v) is 5.69. The van der Waals surface area contributed by atoms with E-state index in [1.165, 1.54) is 0 Å². The van der Waals surface area contributed by atoms with Crippen molar-refractivity contribution in [3.8, 4) is 5.75 Å². The van der Waals surface area contributed by atoms with Crippen molar-refractivity contribution in [1.29, 1.82) is 0 Å². The Kier molecular flexibility index (Phi) is 5.21. The van der Waals surface area contributed by atoms with E-state index in [1.54, 1.807) is 7.11 Å². The molecule has 0 amide bonds. The van der Waals surface area contributed by atoms with Gasteiger partial charge >= 0.3 is 0 Å². The highest BCUT2D eigenvalue weighted by molar-refractivity contribution is 7.80. The molecule has 3 aromatic carbocycles. The number of carbonyl (C=O) groups excluding carboxylic acids is 1. The number of hydrogen-bond acceptors (Lipinski definition) is 4. The van der Waals surface area contributed by atoms with Crippen LogP contribution in [0.25, 0.3) is 16.7 Å². The van der Waals surface area contributed by atoms with Gasteiger partial charge in [-0.2, -0.15) is 0 Å². The Morgan fingerprint density at radius 3 is 2.31 bits per heavy atom. The van der Waals surface area contributed by atoms with E-state index in [0.717, 1.165) is 16.5 Å². The van der Waals surface area contributed by atoms with Gasteiger partial charge < -0.3 is 19.8 Å². The van der Waals surface area contributed by atoms with Crippen LogP contribution in [-0.2, 0) is 0 Å². The van der Waals surface area contributed by atoms with E-state index in [-0.39, 0.29) is 11.5 Å². The molecule has 1 aliphatic rings. The summed E-state index contributed by atoms with van der Waals surface area (Å²) in [6.45, 7) is 0. The summed E-state index contributed by atoms with van der Waals surface area (Å²) in [5.41, 5.74) is 3.53. The maximum absolute atomic E-state index is 14.1. The molecular weight excluding hydrogens is 420 g/mol. The van der Waals surface area contributed by atoms with Gasteiger partial charge in [0.15, 0.2) is 10.9 Å². The second-order valence-corrected chi connectivity index (χ2v) is 7.79. The Labute approximate surface area is 190 Å². The number of ketones is 1. The van der Waals surface area contributed by atoms with Gasteiger partial charge in [-0.25, -0.2) is 0 Å². The minimum absolute atomic E-state index is 0.162. The first-order valence-electron chi connectivity index (χ1n) is 10.2. The van der Waals surface area contributed by atoms with Crippen molar-refractivity contribution in [2.75, 3.05) is 7.11 Å². The standard InChI is InChI=1S/C26H20N2O3S/c1-30-24-18-14-8-9-15-19(18)31-25(24)23(29)20-21(16-10-4-2-5-11-16)27-26(32)28-22(20)17-12-6-3-7-13-17/h2-15,21H,1H3,(H2,27,28,32). The van der Waals surface area contributed by atoms with Crippen molar-refractivity contribution in [3.05, 3.63) is 107 Å². The summed E-state index contributed by atoms with van der Waals surface area (Å²) in [4.78, 5) is 14.1. The van der Waals surface area contributed by atoms with Crippen LogP contribution in [0.3, 0.4) is 0 Å². The van der Waals surface area contributed by atoms with Crippen molar-refractivity contribution >= 4 is 39.8 Å². The Morgan fingerprint density at radius 2 is 1.59 bits per heavy atom. The molecule has 0 saturated carbocycles. The molecule has 4 aromatic rings. The van der Waals surface area contributed by atoms with Gasteiger partial charge in [0.05, 0.1) is 29.8 Å². The molecule has 2 heterocycles. The first kappa shape index (κ1) is 20.0. The van der Waals surface area contributed by atoms with E-state index in [0.29, 0.717) is 27.7 Å². The second-order valence-electron chi connectivity index (χ2n) is 7.39. The molecule has 1 aliphatic heterocycles. The van der Waals surface area contributed by atoms with E-state index in [9.17, 15) is 4.79 Å². The normalized spacial score (nSPS) is 15.9. The molecule has 1 atom stereocenters. The molecule has 0 bridgehead atoms. The first-order valence-corrected chi connectivity index (χ1v) is 10.6. The number of rotatable bonds is 5. The van der Waals surface area contributed by atoms with Gasteiger partial charge in [-0.3, -0.25) is 4.79 Å². The number of Topliss-reactive ketones (excluding diaryl/α,β-unsaturated/α-hetero) is 1. The lowest BCUT2D eigenvalue weighted by molar-refractivity contribution is 0.0995. The highest BCUT2D eigenvalue weighted by Gasteiger charge is 2.36. The van der Waals surface area contributed by atoms with E-state index in [4.69, 9.17) is 21.4 Å². The Hall–Kier alpha value is -3.90. The lowest BCUT2D eigenvalue weighted by atomic mass is 9.89. The third kappa shape index (κ3) is 3.44. The van der Waals surface area contributed by atoms with Crippen molar-refractivity contribution in [3.63, 3.8) is 0 Å². The fraction of sp³-hybridized carbons (Fsp3) is 0.0769. The molecule has 0 radical (unpaired) electrons. The fourth-order valence-corrected chi connectivity index (χ4v) is 4.25. The van der Waals surface area contributed by atoms with Gasteiger partial charge in [0.25, 0.3) is 0 Å². The monoisotopic (exact) mass is 440 g/mol. The van der Waals surface area contributed by atoms with Crippen LogP contribution in [0.15, 0.2) is 94.9 Å². The lowest BCUT2D eigenvalue weighted by Gasteiger charge is -2.31. The van der Waals surface area contributed by atoms with Crippen molar-refractivity contribution < 1.29 is 13.9 Å². The number of thiocarbonyl (C=S) groups is 1. The molecule has 0 saturated heterocycles. The minimum atomic E-state index is -0.453. The molecule has 1 unspecified atom stereocenters. The molecule has 0 fully saturated rings. The van der Waals surface area contributed by atoms with Gasteiger partial charge in [0.1, 0.15) is 5.58 Å². The Balaban J connectivity index is 1.76. The van der Waals surface area contributed by atoms with E-state index in [1.807, 2.05) is 84.9 Å². The van der Waals surface area contributed by atoms with Gasteiger partial charge in [-0.05, 0) is 35.5 Å². The molecule has 5 rings (SSSR count). The molecule has 0 aliphatic carbocycles. The Morgan fingerprint density at radius 1 is 0.938 bits per heavy atom. The van der Waals surface area contributed by atoms with Crippen LogP contribution in [0, 0.1) is 0 Å². The van der Waals surface area contributed by atoms with Crippen LogP contribution < -0.4 is 15.4 Å². The molecule has 2 N–H and O–H groups in total. The number of hydrogen-bond donors (Lipinski definition) is 2. The third-order valence-electron chi connectivity index (χ3n) is 5.47. The van der Waals surface area contributed by atoms with E-state index >= 15 is 0 Å². The number of para-hydroxylation sites is 1. The zero-order chi connectivity index (χ0) is 22.1. The van der Waals surface area contributed by atoms with Crippen LogP contribution in [-0.4, -0.2) is 18.0 Å². The summed E-state index contributed by atoms with van der Waals surface area (Å²) in [5.74, 6) is 0.313. The maximum Gasteiger partial charge on any atom is 0.232 e. The molecule has 1 aromatic heterocycles. The maximum atomic E-state index is 14.1. The van der Waals surface area contributed by atoms with Crippen LogP contribution in [0.2, 0.25) is 0 Å². The van der Waals surface area contributed by atoms with Gasteiger partial charge in [0, 0.05) is 0 Å². The van der Waals surface area contributed by atoms with Crippen LogP contribution in [0.5, 0.6) is 5.75 Å². The smallest absolute Gasteiger partial charge is 0.232 e. The molecular formula is C26H20N2O3S. The fourth-order valence-electron chi connectivity index (χ4n) is 4.03. The lowest BCUT2D eigenvalue weighted by Crippen LogP contribution is -2.44. The van der Waals surface area contributed by atoms with Gasteiger partial charge in [-0.15, -0.1) is 0 Å². The number of carbonyl (C=O) groups is 1. The predicted molar refractivity (Wildman–Crippen MR) is 129 cm³/mol. The van der Waals surface area contributed by atoms with Crippen LogP contribution >= 0.6 is 12.2 Å². The average molecular weight is 441 g/mol. The van der Waals surface area contributed by atoms with E-state index in [2.05, 4.69) is 10.6 Å². The highest BCUT2D eigenvalue weighted by Crippen LogP contribution is 2.39. The quantitative estimate of drug-likeness (QED) is 0.326. The summed E-state index contributed by atoms with van der Waals surface area (Å²) in [5, 5.41) is 7.67. The number of ether oxygens (including phenoxy) is 1. The van der Waals surface area contributed by atoms with Crippen molar-refractivity contribution in [1.82, 2.24) is 10.6 Å². The number of fused-ring (bicyclic) bond motifs is 1. The molecule has 0 spiro atoms. The second kappa shape index (κ2) is 8.32. The zero-order valence-corrected chi connectivity index (χ0v) is 18.1. The minimum Gasteiger partial charge on any atom is -0.492 e. The topological polar surface area (TPSA) is 63.5 Å². The summed E-state index contributed by atoms with van der Waals surface area (Å²) < 4.78 is 11.6. The summed E-state index contributed by atoms with van der Waals surface area (Å²) >= 11 is 5.50. The summed E-state index contributed by atoms with van der Waals surface area (Å²) in [6.07, 6.45) is 0. The SMILES string of the molecule is COc1c(C(=O)C2=C(c3ccccc3)NC(=S)NC2c2ccccc2)oc2ccccc12. The Bertz CT molecular complexity index is 1340. The number of benzene rings is 3. The average Bonchev–Trinajstić information content (AvgIpc) is 3.23. The molecule has 6 heteroatoms. The summed E-state index contributed by atoms with van der Waals surface area (Å²) in [7, 11) is 1.54. The highest BCUT2D eigenvalue weighted by atomic mass is 32.1. The van der Waals surface area contributed by atoms with Gasteiger partial charge in [0.2, 0.25) is 11.5 Å². The number of furan rings is 1. The summed E-state index contributed by atoms with van der Waals surface area (Å²) in [6, 6.07) is 26.4. The van der Waals surface area contributed by atoms with Crippen molar-refractivity contribution in [2.45, 2.75) is 6.04 Å². The zero-order valence-electron chi connectivity index (χ0n) is 17.3. The molecule has 32 heavy (non-hydrogen) atoms. The molecule has 158 valence electrons. The van der Waals surface area contributed by atoms with Crippen molar-refractivity contribution in [2.24, 2.45) is 0 Å². The number of nitrogens with one attached hydrogen (secondary N) is 2. The van der Waals surface area contributed by atoms with Crippen LogP contribution in [0.4, 0.5) is 0 Å².